The van der Waals surface area contributed by atoms with Gasteiger partial charge in [0.2, 0.25) is 11.8 Å². The van der Waals surface area contributed by atoms with Crippen LogP contribution in [0.15, 0.2) is 22.4 Å². The van der Waals surface area contributed by atoms with E-state index < -0.39 is 5.97 Å². The molecule has 0 radical (unpaired) electrons. The molecule has 0 amide bonds. The summed E-state index contributed by atoms with van der Waals surface area (Å²) in [6.45, 7) is 1.99. The molecule has 1 aromatic rings. The number of hydrogen-bond donors (Lipinski definition) is 0. The first-order chi connectivity index (χ1) is 9.64. The van der Waals surface area contributed by atoms with Gasteiger partial charge in [0.15, 0.2) is 5.16 Å². The Morgan fingerprint density at radius 2 is 1.85 bits per heavy atom. The molecule has 0 spiro atoms. The maximum Gasteiger partial charge on any atom is 0.348 e. The number of methoxy groups -OCH3 is 3. The molecular formula is C12H16N2O5S. The van der Waals surface area contributed by atoms with Gasteiger partial charge in [0.1, 0.15) is 11.2 Å². The lowest BCUT2D eigenvalue weighted by atomic mass is 10.6. The van der Waals surface area contributed by atoms with Crippen molar-refractivity contribution in [3.8, 4) is 11.8 Å². The van der Waals surface area contributed by atoms with E-state index in [-0.39, 0.29) is 16.7 Å². The van der Waals surface area contributed by atoms with Crippen molar-refractivity contribution in [1.82, 2.24) is 9.97 Å². The van der Waals surface area contributed by atoms with Crippen LogP contribution in [0.3, 0.4) is 0 Å². The fraction of sp³-hybridized carbons (Fsp3) is 0.417. The molecule has 0 aliphatic carbocycles. The Hall–Kier alpha value is -1.96. The molecule has 20 heavy (non-hydrogen) atoms. The molecule has 110 valence electrons. The minimum Gasteiger partial charge on any atom is -0.503 e. The third-order valence-electron chi connectivity index (χ3n) is 1.98. The minimum absolute atomic E-state index is 0.227. The van der Waals surface area contributed by atoms with Gasteiger partial charge in [-0.15, -0.1) is 0 Å². The van der Waals surface area contributed by atoms with Crippen molar-refractivity contribution in [2.45, 2.75) is 12.1 Å². The molecule has 0 atom stereocenters. The smallest absolute Gasteiger partial charge is 0.348 e. The van der Waals surface area contributed by atoms with Crippen LogP contribution in [-0.4, -0.2) is 43.9 Å². The molecule has 1 aromatic heterocycles. The van der Waals surface area contributed by atoms with Crippen LogP contribution in [0.2, 0.25) is 0 Å². The molecule has 0 N–H and O–H groups in total. The van der Waals surface area contributed by atoms with Crippen LogP contribution in [-0.2, 0) is 14.3 Å². The normalized spacial score (nSPS) is 10.9. The number of esters is 1. The highest BCUT2D eigenvalue weighted by molar-refractivity contribution is 8.03. The van der Waals surface area contributed by atoms with E-state index in [2.05, 4.69) is 9.97 Å². The summed E-state index contributed by atoms with van der Waals surface area (Å²) in [5.41, 5.74) is 0. The maximum absolute atomic E-state index is 11.7. The second-order valence-corrected chi connectivity index (χ2v) is 4.28. The van der Waals surface area contributed by atoms with E-state index in [9.17, 15) is 4.79 Å². The second-order valence-electron chi connectivity index (χ2n) is 3.28. The highest BCUT2D eigenvalue weighted by Crippen LogP contribution is 2.28. The van der Waals surface area contributed by atoms with E-state index in [1.807, 2.05) is 0 Å². The fourth-order valence-corrected chi connectivity index (χ4v) is 1.91. The van der Waals surface area contributed by atoms with Crippen molar-refractivity contribution in [2.24, 2.45) is 0 Å². The molecule has 0 aromatic carbocycles. The van der Waals surface area contributed by atoms with Gasteiger partial charge in [0.25, 0.3) is 0 Å². The first kappa shape index (κ1) is 16.1. The Morgan fingerprint density at radius 1 is 1.25 bits per heavy atom. The summed E-state index contributed by atoms with van der Waals surface area (Å²) < 4.78 is 19.8. The average molecular weight is 300 g/mol. The van der Waals surface area contributed by atoms with E-state index in [4.69, 9.17) is 18.9 Å². The monoisotopic (exact) mass is 300 g/mol. The van der Waals surface area contributed by atoms with Gasteiger partial charge >= 0.3 is 5.97 Å². The molecule has 0 saturated carbocycles. The summed E-state index contributed by atoms with van der Waals surface area (Å²) in [6, 6.07) is 1.54. The highest BCUT2D eigenvalue weighted by Gasteiger charge is 2.16. The Kier molecular flexibility index (Phi) is 6.65. The maximum atomic E-state index is 11.7. The summed E-state index contributed by atoms with van der Waals surface area (Å²) in [5.74, 6) is 0.157. The molecule has 0 unspecified atom stereocenters. The number of thioether (sulfide) groups is 1. The van der Waals surface area contributed by atoms with Gasteiger partial charge in [-0.05, 0) is 18.7 Å². The number of rotatable bonds is 7. The quantitative estimate of drug-likeness (QED) is 0.247. The summed E-state index contributed by atoms with van der Waals surface area (Å²) in [4.78, 5) is 20.2. The van der Waals surface area contributed by atoms with Gasteiger partial charge in [-0.2, -0.15) is 9.97 Å². The molecule has 0 saturated heterocycles. The minimum atomic E-state index is -0.510. The standard InChI is InChI=1S/C12H16N2O5S/c1-5-19-11(15)8(7-16-2)20-12-13-9(17-3)6-10(14-12)18-4/h6-7H,5H2,1-4H3. The van der Waals surface area contributed by atoms with Gasteiger partial charge in [0.05, 0.1) is 34.0 Å². The SMILES string of the molecule is CCOC(=O)C(=COC)Sc1nc(OC)cc(OC)n1. The molecular weight excluding hydrogens is 284 g/mol. The van der Waals surface area contributed by atoms with Crippen LogP contribution in [0.1, 0.15) is 6.92 Å². The number of nitrogens with zero attached hydrogens (tertiary/aromatic N) is 2. The number of hydrogen-bond acceptors (Lipinski definition) is 8. The molecule has 7 nitrogen and oxygen atoms in total. The summed E-state index contributed by atoms with van der Waals surface area (Å²) in [7, 11) is 4.40. The van der Waals surface area contributed by atoms with Crippen molar-refractivity contribution in [3.63, 3.8) is 0 Å². The van der Waals surface area contributed by atoms with Crippen molar-refractivity contribution >= 4 is 17.7 Å². The molecule has 0 bridgehead atoms. The zero-order valence-electron chi connectivity index (χ0n) is 11.7. The van der Waals surface area contributed by atoms with Gasteiger partial charge in [-0.1, -0.05) is 0 Å². The number of carbonyl (C=O) groups is 1. The molecule has 1 heterocycles. The summed E-state index contributed by atoms with van der Waals surface area (Å²) >= 11 is 1.000. The van der Waals surface area contributed by atoms with Crippen LogP contribution < -0.4 is 9.47 Å². The zero-order chi connectivity index (χ0) is 15.0. The van der Waals surface area contributed by atoms with E-state index in [1.165, 1.54) is 33.7 Å². The fourth-order valence-electron chi connectivity index (χ4n) is 1.16. The van der Waals surface area contributed by atoms with Gasteiger partial charge in [-0.3, -0.25) is 0 Å². The lowest BCUT2D eigenvalue weighted by Gasteiger charge is -2.07. The number of carbonyl (C=O) groups excluding carboxylic acids is 1. The van der Waals surface area contributed by atoms with Crippen molar-refractivity contribution in [3.05, 3.63) is 17.2 Å². The lowest BCUT2D eigenvalue weighted by molar-refractivity contribution is -0.137. The molecule has 1 rings (SSSR count). The number of ether oxygens (including phenoxy) is 4. The van der Waals surface area contributed by atoms with Crippen LogP contribution >= 0.6 is 11.8 Å². The van der Waals surface area contributed by atoms with E-state index >= 15 is 0 Å². The summed E-state index contributed by atoms with van der Waals surface area (Å²) in [6.07, 6.45) is 1.28. The zero-order valence-corrected chi connectivity index (χ0v) is 12.5. The molecule has 0 aliphatic heterocycles. The Morgan fingerprint density at radius 3 is 2.30 bits per heavy atom. The Labute approximate surface area is 121 Å². The first-order valence-corrected chi connectivity index (χ1v) is 6.51. The van der Waals surface area contributed by atoms with E-state index in [0.29, 0.717) is 11.8 Å². The second kappa shape index (κ2) is 8.26. The van der Waals surface area contributed by atoms with Crippen molar-refractivity contribution in [2.75, 3.05) is 27.9 Å². The third kappa shape index (κ3) is 4.61. The Bertz CT molecular complexity index is 470. The number of aromatic nitrogens is 2. The van der Waals surface area contributed by atoms with Crippen molar-refractivity contribution < 1.29 is 23.7 Å². The van der Waals surface area contributed by atoms with Crippen molar-refractivity contribution in [1.29, 1.82) is 0 Å². The highest BCUT2D eigenvalue weighted by atomic mass is 32.2. The van der Waals surface area contributed by atoms with Gasteiger partial charge in [0, 0.05) is 0 Å². The first-order valence-electron chi connectivity index (χ1n) is 5.69. The summed E-state index contributed by atoms with van der Waals surface area (Å²) in [5, 5.41) is 0.289. The lowest BCUT2D eigenvalue weighted by Crippen LogP contribution is -2.06. The molecule has 8 heteroatoms. The third-order valence-corrected chi connectivity index (χ3v) is 2.83. The van der Waals surface area contributed by atoms with Crippen LogP contribution in [0, 0.1) is 0 Å². The largest absolute Gasteiger partial charge is 0.503 e. The van der Waals surface area contributed by atoms with Gasteiger partial charge in [-0.25, -0.2) is 4.79 Å². The topological polar surface area (TPSA) is 79.8 Å². The van der Waals surface area contributed by atoms with E-state index in [1.54, 1.807) is 6.92 Å². The van der Waals surface area contributed by atoms with E-state index in [0.717, 1.165) is 11.8 Å². The molecule has 0 aliphatic rings. The van der Waals surface area contributed by atoms with Crippen LogP contribution in [0.4, 0.5) is 0 Å². The predicted molar refractivity (Wildman–Crippen MR) is 72.7 cm³/mol. The van der Waals surface area contributed by atoms with Gasteiger partial charge < -0.3 is 18.9 Å². The molecule has 0 fully saturated rings. The van der Waals surface area contributed by atoms with Crippen LogP contribution in [0.25, 0.3) is 0 Å². The predicted octanol–water partition coefficient (Wildman–Crippen LogP) is 1.64. The van der Waals surface area contributed by atoms with Crippen LogP contribution in [0.5, 0.6) is 11.8 Å². The Balaban J connectivity index is 2.98. The average Bonchev–Trinajstić information content (AvgIpc) is 2.46.